The lowest BCUT2D eigenvalue weighted by atomic mass is 10.0. The molecule has 0 aromatic rings. The molecule has 0 aliphatic rings. The number of carbonyl (C=O) groups is 3. The number of unbranched alkanes of at least 4 members (excludes halogenated alkanes) is 51. The molecule has 1 N–H and O–H groups in total. The van der Waals surface area contributed by atoms with Crippen molar-refractivity contribution in [3.8, 4) is 0 Å². The van der Waals surface area contributed by atoms with Gasteiger partial charge >= 0.3 is 17.9 Å². The predicted octanol–water partition coefficient (Wildman–Crippen LogP) is 23.9. The van der Waals surface area contributed by atoms with E-state index in [9.17, 15) is 19.5 Å². The van der Waals surface area contributed by atoms with E-state index in [0.29, 0.717) is 17.4 Å². The minimum Gasteiger partial charge on any atom is -0.477 e. The third-order valence-electron chi connectivity index (χ3n) is 17.4. The second-order valence-corrected chi connectivity index (χ2v) is 27.3. The van der Waals surface area contributed by atoms with E-state index in [0.717, 1.165) is 44.9 Å². The molecule has 9 heteroatoms. The van der Waals surface area contributed by atoms with Crippen LogP contribution in [0, 0.1) is 0 Å². The zero-order valence-corrected chi connectivity index (χ0v) is 58.7. The molecule has 512 valence electrons. The molecule has 9 nitrogen and oxygen atoms in total. The molecule has 0 aromatic heterocycles. The van der Waals surface area contributed by atoms with Gasteiger partial charge in [-0.05, 0) is 70.6 Å². The highest BCUT2D eigenvalue weighted by Gasteiger charge is 2.25. The van der Waals surface area contributed by atoms with Crippen LogP contribution in [-0.2, 0) is 33.3 Å². The number of hydrogen-bond donors (Lipinski definition) is 1. The summed E-state index contributed by atoms with van der Waals surface area (Å²) < 4.78 is 23.0. The number of allylic oxidation sites excluding steroid dienone is 6. The van der Waals surface area contributed by atoms with Crippen molar-refractivity contribution < 1.29 is 42.9 Å². The summed E-state index contributed by atoms with van der Waals surface area (Å²) >= 11 is 0. The number of quaternary nitrogens is 1. The van der Waals surface area contributed by atoms with Gasteiger partial charge in [0.15, 0.2) is 6.10 Å². The molecule has 0 heterocycles. The van der Waals surface area contributed by atoms with Crippen molar-refractivity contribution >= 4 is 17.9 Å². The quantitative estimate of drug-likeness (QED) is 0.0211. The molecule has 0 saturated heterocycles. The molecule has 0 saturated carbocycles. The van der Waals surface area contributed by atoms with Gasteiger partial charge in [0.1, 0.15) is 13.2 Å². The van der Waals surface area contributed by atoms with Crippen LogP contribution in [0.15, 0.2) is 36.5 Å². The number of aliphatic carboxylic acids is 1. The van der Waals surface area contributed by atoms with E-state index in [-0.39, 0.29) is 38.2 Å². The lowest BCUT2D eigenvalue weighted by Gasteiger charge is -2.25. The van der Waals surface area contributed by atoms with Crippen LogP contribution in [0.4, 0.5) is 0 Å². The van der Waals surface area contributed by atoms with E-state index in [1.807, 2.05) is 21.1 Å². The highest BCUT2D eigenvalue weighted by atomic mass is 16.7. The van der Waals surface area contributed by atoms with Crippen LogP contribution in [0.2, 0.25) is 0 Å². The number of rotatable bonds is 72. The smallest absolute Gasteiger partial charge is 0.361 e. The number of carbonyl (C=O) groups excluding carboxylic acids is 2. The first-order chi connectivity index (χ1) is 42.6. The molecule has 0 aromatic carbocycles. The van der Waals surface area contributed by atoms with Crippen LogP contribution in [0.5, 0.6) is 0 Å². The number of hydrogen-bond acceptors (Lipinski definition) is 7. The van der Waals surface area contributed by atoms with Gasteiger partial charge in [-0.15, -0.1) is 0 Å². The molecular weight excluding hydrogens is 1080 g/mol. The zero-order valence-electron chi connectivity index (χ0n) is 58.7. The van der Waals surface area contributed by atoms with E-state index < -0.39 is 18.4 Å². The fourth-order valence-corrected chi connectivity index (χ4v) is 11.5. The molecule has 0 fully saturated rings. The Bertz CT molecular complexity index is 1520. The van der Waals surface area contributed by atoms with Crippen LogP contribution in [0.1, 0.15) is 386 Å². The van der Waals surface area contributed by atoms with E-state index in [4.69, 9.17) is 18.9 Å². The summed E-state index contributed by atoms with van der Waals surface area (Å²) in [4.78, 5) is 37.6. The lowest BCUT2D eigenvalue weighted by molar-refractivity contribution is -0.870. The molecule has 87 heavy (non-hydrogen) atoms. The Kier molecular flexibility index (Phi) is 67.4. The summed E-state index contributed by atoms with van der Waals surface area (Å²) in [6.45, 7) is 4.93. The fraction of sp³-hybridized carbons (Fsp3) is 0.885. The van der Waals surface area contributed by atoms with Gasteiger partial charge in [0.2, 0.25) is 0 Å². The van der Waals surface area contributed by atoms with Gasteiger partial charge in [-0.3, -0.25) is 9.59 Å². The summed E-state index contributed by atoms with van der Waals surface area (Å²) in [5, 5.41) is 9.75. The van der Waals surface area contributed by atoms with Crippen molar-refractivity contribution in [2.75, 3.05) is 47.5 Å². The number of ether oxygens (including phenoxy) is 4. The Morgan fingerprint density at radius 2 is 0.621 bits per heavy atom. The largest absolute Gasteiger partial charge is 0.477 e. The molecule has 0 rings (SSSR count). The van der Waals surface area contributed by atoms with Gasteiger partial charge in [-0.1, -0.05) is 339 Å². The van der Waals surface area contributed by atoms with Crippen molar-refractivity contribution in [2.45, 2.75) is 399 Å². The van der Waals surface area contributed by atoms with Crippen molar-refractivity contribution in [1.82, 2.24) is 0 Å². The van der Waals surface area contributed by atoms with Gasteiger partial charge < -0.3 is 28.5 Å². The SMILES string of the molecule is CCCCCCC/C=C\C/C=C\CCCCCCCCCCCCCCCCCCCCCCCCCCCCCCCC(=O)OC(COC(=O)CCCCCCCCCCC/C=C\CCCCCCCCCC)COC(OCC[N+](C)(C)C)C(=O)O. The van der Waals surface area contributed by atoms with Crippen LogP contribution >= 0.6 is 0 Å². The van der Waals surface area contributed by atoms with E-state index >= 15 is 0 Å². The maximum atomic E-state index is 13.0. The Morgan fingerprint density at radius 3 is 0.920 bits per heavy atom. The first-order valence-electron chi connectivity index (χ1n) is 38.2. The minimum atomic E-state index is -1.51. The van der Waals surface area contributed by atoms with Crippen LogP contribution in [0.25, 0.3) is 0 Å². The first kappa shape index (κ1) is 84.5. The van der Waals surface area contributed by atoms with Crippen molar-refractivity contribution in [2.24, 2.45) is 0 Å². The summed E-state index contributed by atoms with van der Waals surface area (Å²) in [5.74, 6) is -1.98. The number of esters is 2. The van der Waals surface area contributed by atoms with Crippen LogP contribution in [0.3, 0.4) is 0 Å². The van der Waals surface area contributed by atoms with Gasteiger partial charge in [-0.2, -0.15) is 0 Å². The molecule has 0 aliphatic heterocycles. The highest BCUT2D eigenvalue weighted by Crippen LogP contribution is 2.19. The molecule has 0 spiro atoms. The highest BCUT2D eigenvalue weighted by molar-refractivity contribution is 5.71. The van der Waals surface area contributed by atoms with E-state index in [1.165, 1.54) is 315 Å². The fourth-order valence-electron chi connectivity index (χ4n) is 11.5. The molecule has 0 aliphatic carbocycles. The minimum absolute atomic E-state index is 0.177. The van der Waals surface area contributed by atoms with Crippen LogP contribution in [-0.4, -0.2) is 87.4 Å². The Morgan fingerprint density at radius 1 is 0.345 bits per heavy atom. The summed E-state index contributed by atoms with van der Waals surface area (Å²) in [7, 11) is 5.99. The zero-order chi connectivity index (χ0) is 63.3. The van der Waals surface area contributed by atoms with E-state index in [1.54, 1.807) is 0 Å². The monoisotopic (exact) mass is 1230 g/mol. The third kappa shape index (κ3) is 70.8. The molecule has 0 bridgehead atoms. The number of likely N-dealkylation sites (N-methyl/N-ethyl adjacent to an activating group) is 1. The Balaban J connectivity index is 3.93. The first-order valence-corrected chi connectivity index (χ1v) is 38.2. The Labute approximate surface area is 540 Å². The number of carboxylic acid groups (broad SMARTS) is 1. The number of nitrogens with zero attached hydrogens (tertiary/aromatic N) is 1. The summed E-state index contributed by atoms with van der Waals surface area (Å²) in [6.07, 6.45) is 85.8. The Hall–Kier alpha value is -2.49. The van der Waals surface area contributed by atoms with Crippen molar-refractivity contribution in [3.05, 3.63) is 36.5 Å². The van der Waals surface area contributed by atoms with Crippen LogP contribution < -0.4 is 0 Å². The van der Waals surface area contributed by atoms with E-state index in [2.05, 4.69) is 50.3 Å². The third-order valence-corrected chi connectivity index (χ3v) is 17.4. The second kappa shape index (κ2) is 69.4. The molecule has 2 unspecified atom stereocenters. The summed E-state index contributed by atoms with van der Waals surface area (Å²) in [5.41, 5.74) is 0. The molecule has 0 radical (unpaired) electrons. The topological polar surface area (TPSA) is 108 Å². The van der Waals surface area contributed by atoms with Gasteiger partial charge in [-0.25, -0.2) is 4.79 Å². The normalized spacial score (nSPS) is 12.8. The standard InChI is InChI=1S/C78H147NO8/c1-6-8-10-12-14-16-18-20-22-24-26-28-29-30-31-32-33-34-35-36-37-38-39-40-41-42-43-44-45-46-47-49-51-53-55-57-59-61-63-65-67-69-76(81)87-74(73-86-78(77(82)83)84-71-70-79(3,4)5)72-85-75(80)68-66-64-62-60-58-56-54-52-50-48-27-25-23-21-19-17-15-13-11-9-7-2/h18,20,24-27,74,78H,6-17,19,21-23,28-73H2,1-5H3/p+1/b20-18-,26-24-,27-25-. The van der Waals surface area contributed by atoms with Gasteiger partial charge in [0.05, 0.1) is 34.4 Å². The average molecular weight is 1230 g/mol. The predicted molar refractivity (Wildman–Crippen MR) is 374 cm³/mol. The van der Waals surface area contributed by atoms with Crippen molar-refractivity contribution in [3.63, 3.8) is 0 Å². The average Bonchev–Trinajstić information content (AvgIpc) is 3.59. The summed E-state index contributed by atoms with van der Waals surface area (Å²) in [6, 6.07) is 0. The van der Waals surface area contributed by atoms with Crippen molar-refractivity contribution in [1.29, 1.82) is 0 Å². The molecule has 2 atom stereocenters. The van der Waals surface area contributed by atoms with Gasteiger partial charge in [0.25, 0.3) is 6.29 Å². The maximum absolute atomic E-state index is 13.0. The molecule has 0 amide bonds. The lowest BCUT2D eigenvalue weighted by Crippen LogP contribution is -2.40. The van der Waals surface area contributed by atoms with Gasteiger partial charge in [0, 0.05) is 12.8 Å². The maximum Gasteiger partial charge on any atom is 0.361 e. The molecular formula is C78H148NO8+. The second-order valence-electron chi connectivity index (χ2n) is 27.3. The number of carboxylic acids is 1.